The summed E-state index contributed by atoms with van der Waals surface area (Å²) >= 11 is 0. The van der Waals surface area contributed by atoms with E-state index in [1.165, 1.54) is 36.0 Å². The zero-order valence-corrected chi connectivity index (χ0v) is 9.06. The summed E-state index contributed by atoms with van der Waals surface area (Å²) in [5.41, 5.74) is 5.14. The molecule has 2 aromatic rings. The Labute approximate surface area is 95.4 Å². The molecule has 0 amide bonds. The first-order valence-electron chi connectivity index (χ1n) is 5.65. The second kappa shape index (κ2) is 4.05. The molecule has 79 valence electrons. The molecule has 1 radical (unpaired) electrons. The van der Waals surface area contributed by atoms with Gasteiger partial charge in [-0.05, 0) is 42.4 Å². The highest BCUT2D eigenvalue weighted by Crippen LogP contribution is 2.27. The van der Waals surface area contributed by atoms with Crippen LogP contribution in [0, 0.1) is 6.42 Å². The molecular weight excluding hydrogens is 196 g/mol. The van der Waals surface area contributed by atoms with Crippen LogP contribution in [0.1, 0.15) is 24.0 Å². The maximum atomic E-state index is 4.05. The van der Waals surface area contributed by atoms with Crippen LogP contribution in [0.2, 0.25) is 0 Å². The Kier molecular flexibility index (Phi) is 2.41. The molecule has 0 spiro atoms. The van der Waals surface area contributed by atoms with Crippen molar-refractivity contribution in [2.75, 3.05) is 0 Å². The van der Waals surface area contributed by atoms with Crippen molar-refractivity contribution in [3.8, 4) is 11.1 Å². The minimum Gasteiger partial charge on any atom is -0.244 e. The summed E-state index contributed by atoms with van der Waals surface area (Å²) in [5, 5.41) is 0. The zero-order chi connectivity index (χ0) is 10.8. The number of aromatic nitrogens is 2. The van der Waals surface area contributed by atoms with Gasteiger partial charge in [0, 0.05) is 18.0 Å². The Morgan fingerprint density at radius 1 is 1.00 bits per heavy atom. The first-order chi connectivity index (χ1) is 7.93. The highest BCUT2D eigenvalue weighted by atomic mass is 14.8. The molecule has 1 aromatic heterocycles. The lowest BCUT2D eigenvalue weighted by molar-refractivity contribution is 0.775. The van der Waals surface area contributed by atoms with Gasteiger partial charge in [0.05, 0.1) is 0 Å². The van der Waals surface area contributed by atoms with Crippen LogP contribution < -0.4 is 0 Å². The lowest BCUT2D eigenvalue weighted by atomic mass is 9.89. The van der Waals surface area contributed by atoms with Crippen LogP contribution in [0.5, 0.6) is 0 Å². The van der Waals surface area contributed by atoms with Gasteiger partial charge in [0.2, 0.25) is 0 Å². The highest BCUT2D eigenvalue weighted by molar-refractivity contribution is 5.64. The monoisotopic (exact) mass is 209 g/mol. The number of rotatable bonds is 1. The van der Waals surface area contributed by atoms with Gasteiger partial charge in [0.25, 0.3) is 0 Å². The van der Waals surface area contributed by atoms with E-state index in [4.69, 9.17) is 0 Å². The number of nitrogens with zero attached hydrogens (tertiary/aromatic N) is 2. The van der Waals surface area contributed by atoms with Crippen LogP contribution >= 0.6 is 0 Å². The van der Waals surface area contributed by atoms with E-state index in [0.717, 1.165) is 5.56 Å². The quantitative estimate of drug-likeness (QED) is 0.721. The van der Waals surface area contributed by atoms with Gasteiger partial charge in [0.1, 0.15) is 6.33 Å². The minimum atomic E-state index is 1.09. The van der Waals surface area contributed by atoms with Gasteiger partial charge in [-0.15, -0.1) is 0 Å². The van der Waals surface area contributed by atoms with Crippen LogP contribution in [-0.2, 0) is 6.42 Å². The van der Waals surface area contributed by atoms with Crippen molar-refractivity contribution in [2.45, 2.75) is 19.3 Å². The van der Waals surface area contributed by atoms with Crippen molar-refractivity contribution in [1.29, 1.82) is 0 Å². The zero-order valence-electron chi connectivity index (χ0n) is 9.06. The van der Waals surface area contributed by atoms with Gasteiger partial charge in [-0.25, -0.2) is 9.97 Å². The lowest BCUT2D eigenvalue weighted by Gasteiger charge is -2.16. The summed E-state index contributed by atoms with van der Waals surface area (Å²) in [4.78, 5) is 8.10. The molecule has 0 saturated carbocycles. The Hall–Kier alpha value is -1.70. The topological polar surface area (TPSA) is 25.8 Å². The molecular formula is C14H13N2. The van der Waals surface area contributed by atoms with Crippen LogP contribution in [-0.4, -0.2) is 9.97 Å². The first kappa shape index (κ1) is 9.52. The predicted octanol–water partition coefficient (Wildman–Crippen LogP) is 3.03. The van der Waals surface area contributed by atoms with E-state index in [1.54, 1.807) is 6.33 Å². The van der Waals surface area contributed by atoms with Gasteiger partial charge in [-0.2, -0.15) is 0 Å². The smallest absolute Gasteiger partial charge is 0.115 e. The highest BCUT2D eigenvalue weighted by Gasteiger charge is 2.10. The molecule has 0 N–H and O–H groups in total. The maximum Gasteiger partial charge on any atom is 0.115 e. The fraction of sp³-hybridized carbons (Fsp3) is 0.214. The van der Waals surface area contributed by atoms with Crippen molar-refractivity contribution in [2.24, 2.45) is 0 Å². The molecule has 0 aliphatic heterocycles. The van der Waals surface area contributed by atoms with Crippen molar-refractivity contribution < 1.29 is 0 Å². The van der Waals surface area contributed by atoms with Crippen molar-refractivity contribution >= 4 is 0 Å². The van der Waals surface area contributed by atoms with E-state index >= 15 is 0 Å². The largest absolute Gasteiger partial charge is 0.244 e. The fourth-order valence-corrected chi connectivity index (χ4v) is 2.19. The van der Waals surface area contributed by atoms with E-state index in [1.807, 2.05) is 12.4 Å². The van der Waals surface area contributed by atoms with E-state index in [-0.39, 0.29) is 0 Å². The Balaban J connectivity index is 2.03. The second-order valence-corrected chi connectivity index (χ2v) is 4.14. The number of fused-ring (bicyclic) bond motifs is 1. The third-order valence-electron chi connectivity index (χ3n) is 3.05. The number of hydrogen-bond acceptors (Lipinski definition) is 2. The molecule has 1 aliphatic rings. The Morgan fingerprint density at radius 3 is 2.75 bits per heavy atom. The summed E-state index contributed by atoms with van der Waals surface area (Å²) in [6.45, 7) is 0. The maximum absolute atomic E-state index is 4.05. The SMILES string of the molecule is [CH]1CCCc2ccc(-c3cncnc3)cc21. The molecule has 0 fully saturated rings. The first-order valence-corrected chi connectivity index (χ1v) is 5.65. The van der Waals surface area contributed by atoms with Gasteiger partial charge < -0.3 is 0 Å². The fourth-order valence-electron chi connectivity index (χ4n) is 2.19. The molecule has 0 bridgehead atoms. The summed E-state index contributed by atoms with van der Waals surface area (Å²) in [5.74, 6) is 0. The summed E-state index contributed by atoms with van der Waals surface area (Å²) in [7, 11) is 0. The lowest BCUT2D eigenvalue weighted by Crippen LogP contribution is -2.00. The number of benzene rings is 1. The van der Waals surface area contributed by atoms with Gasteiger partial charge >= 0.3 is 0 Å². The average Bonchev–Trinajstić information content (AvgIpc) is 2.39. The Bertz CT molecular complexity index is 491. The molecule has 0 atom stereocenters. The van der Waals surface area contributed by atoms with Crippen LogP contribution in [0.3, 0.4) is 0 Å². The van der Waals surface area contributed by atoms with E-state index in [2.05, 4.69) is 34.6 Å². The number of hydrogen-bond donors (Lipinski definition) is 0. The van der Waals surface area contributed by atoms with Gasteiger partial charge in [-0.3, -0.25) is 0 Å². The second-order valence-electron chi connectivity index (χ2n) is 4.14. The minimum absolute atomic E-state index is 1.09. The third kappa shape index (κ3) is 1.71. The molecule has 2 heteroatoms. The van der Waals surface area contributed by atoms with Crippen LogP contribution in [0.15, 0.2) is 36.9 Å². The van der Waals surface area contributed by atoms with Crippen molar-refractivity contribution in [1.82, 2.24) is 9.97 Å². The predicted molar refractivity (Wildman–Crippen MR) is 63.8 cm³/mol. The average molecular weight is 209 g/mol. The van der Waals surface area contributed by atoms with Crippen molar-refractivity contribution in [3.05, 3.63) is 54.5 Å². The molecule has 3 rings (SSSR count). The molecule has 0 saturated heterocycles. The van der Waals surface area contributed by atoms with E-state index in [9.17, 15) is 0 Å². The normalized spacial score (nSPS) is 14.5. The third-order valence-corrected chi connectivity index (χ3v) is 3.05. The Morgan fingerprint density at radius 2 is 1.88 bits per heavy atom. The molecule has 1 heterocycles. The standard InChI is InChI=1S/C14H13N2/c1-2-4-12-7-13(6-5-11(12)3-1)14-8-15-10-16-9-14/h4-10H,1-3H2. The van der Waals surface area contributed by atoms with E-state index < -0.39 is 0 Å². The van der Waals surface area contributed by atoms with Crippen LogP contribution in [0.4, 0.5) is 0 Å². The van der Waals surface area contributed by atoms with Gasteiger partial charge in [0.15, 0.2) is 0 Å². The molecule has 16 heavy (non-hydrogen) atoms. The molecule has 0 unspecified atom stereocenters. The van der Waals surface area contributed by atoms with Crippen LogP contribution in [0.25, 0.3) is 11.1 Å². The van der Waals surface area contributed by atoms with Gasteiger partial charge in [-0.1, -0.05) is 18.2 Å². The molecule has 1 aliphatic carbocycles. The molecule has 2 nitrogen and oxygen atoms in total. The van der Waals surface area contributed by atoms with Crippen molar-refractivity contribution in [3.63, 3.8) is 0 Å². The molecule has 1 aromatic carbocycles. The number of aryl methyl sites for hydroxylation is 1. The summed E-state index contributed by atoms with van der Waals surface area (Å²) in [6, 6.07) is 6.64. The summed E-state index contributed by atoms with van der Waals surface area (Å²) < 4.78 is 0. The van der Waals surface area contributed by atoms with E-state index in [0.29, 0.717) is 0 Å². The summed E-state index contributed by atoms with van der Waals surface area (Å²) in [6.07, 6.45) is 11.3.